The molecule has 0 bridgehead atoms. The molecule has 3 heteroatoms. The van der Waals surface area contributed by atoms with Crippen molar-refractivity contribution in [2.75, 3.05) is 7.11 Å². The molecule has 0 radical (unpaired) electrons. The lowest BCUT2D eigenvalue weighted by Crippen LogP contribution is -2.43. The Balaban J connectivity index is 3.13. The summed E-state index contributed by atoms with van der Waals surface area (Å²) in [7, 11) is 3.76. The molecule has 0 spiro atoms. The van der Waals surface area contributed by atoms with Crippen LogP contribution in [0.2, 0.25) is 0 Å². The van der Waals surface area contributed by atoms with Gasteiger partial charge in [0.25, 0.3) is 0 Å². The molecule has 0 fully saturated rings. The number of aryl methyl sites for hydroxylation is 2. The van der Waals surface area contributed by atoms with E-state index in [1.165, 1.54) is 11.4 Å². The van der Waals surface area contributed by atoms with Gasteiger partial charge in [-0.3, -0.25) is 0 Å². The van der Waals surface area contributed by atoms with Crippen molar-refractivity contribution < 1.29 is 9.42 Å². The Morgan fingerprint density at radius 1 is 1.50 bits per heavy atom. The molecular weight excluding hydrogens is 152 g/mol. The fourth-order valence-electron chi connectivity index (χ4n) is 1.50. The first kappa shape index (κ1) is 9.26. The average molecular weight is 169 g/mol. The van der Waals surface area contributed by atoms with Crippen molar-refractivity contribution in [3.63, 3.8) is 0 Å². The van der Waals surface area contributed by atoms with Crippen LogP contribution in [0.25, 0.3) is 0 Å². The molecule has 1 unspecified atom stereocenters. The van der Waals surface area contributed by atoms with Gasteiger partial charge in [0, 0.05) is 20.1 Å². The molecule has 68 valence electrons. The second-order valence-corrected chi connectivity index (χ2v) is 3.13. The standard InChI is InChI=1S/C9H17N2O/c1-7-6-8(2)11(10(7)4)9(3)12-5/h6,9H,1-5H3/q+1. The van der Waals surface area contributed by atoms with Gasteiger partial charge in [0.05, 0.1) is 5.69 Å². The molecule has 0 aliphatic rings. The Bertz CT molecular complexity index is 278. The van der Waals surface area contributed by atoms with E-state index in [0.717, 1.165) is 0 Å². The predicted octanol–water partition coefficient (Wildman–Crippen LogP) is 1.09. The van der Waals surface area contributed by atoms with Crippen LogP contribution in [-0.2, 0) is 11.8 Å². The number of hydrogen-bond donors (Lipinski definition) is 0. The lowest BCUT2D eigenvalue weighted by molar-refractivity contribution is -0.765. The fourth-order valence-corrected chi connectivity index (χ4v) is 1.50. The normalized spacial score (nSPS) is 13.4. The van der Waals surface area contributed by atoms with E-state index >= 15 is 0 Å². The van der Waals surface area contributed by atoms with Crippen molar-refractivity contribution >= 4 is 0 Å². The van der Waals surface area contributed by atoms with Crippen LogP contribution in [0, 0.1) is 13.8 Å². The van der Waals surface area contributed by atoms with Crippen LogP contribution in [0.15, 0.2) is 6.07 Å². The number of ether oxygens (including phenoxy) is 1. The predicted molar refractivity (Wildman–Crippen MR) is 46.8 cm³/mol. The molecule has 0 saturated heterocycles. The van der Waals surface area contributed by atoms with E-state index < -0.39 is 0 Å². The van der Waals surface area contributed by atoms with Crippen molar-refractivity contribution in [3.05, 3.63) is 17.5 Å². The molecule has 12 heavy (non-hydrogen) atoms. The second kappa shape index (κ2) is 3.27. The summed E-state index contributed by atoms with van der Waals surface area (Å²) in [4.78, 5) is 0. The minimum atomic E-state index is 0.101. The van der Waals surface area contributed by atoms with E-state index in [4.69, 9.17) is 4.74 Å². The van der Waals surface area contributed by atoms with Gasteiger partial charge in [0.15, 0.2) is 13.3 Å². The van der Waals surface area contributed by atoms with Crippen LogP contribution >= 0.6 is 0 Å². The molecule has 0 saturated carbocycles. The Labute approximate surface area is 73.6 Å². The fraction of sp³-hybridized carbons (Fsp3) is 0.667. The summed E-state index contributed by atoms with van der Waals surface area (Å²) in [5.41, 5.74) is 2.47. The number of methoxy groups -OCH3 is 1. The molecule has 1 aromatic heterocycles. The van der Waals surface area contributed by atoms with Gasteiger partial charge in [-0.1, -0.05) is 0 Å². The molecule has 1 heterocycles. The highest BCUT2D eigenvalue weighted by Gasteiger charge is 2.17. The van der Waals surface area contributed by atoms with E-state index in [-0.39, 0.29) is 6.23 Å². The maximum absolute atomic E-state index is 5.25. The second-order valence-electron chi connectivity index (χ2n) is 3.13. The van der Waals surface area contributed by atoms with Crippen LogP contribution in [0.3, 0.4) is 0 Å². The highest BCUT2D eigenvalue weighted by Crippen LogP contribution is 2.08. The van der Waals surface area contributed by atoms with E-state index in [9.17, 15) is 0 Å². The zero-order valence-electron chi connectivity index (χ0n) is 8.46. The third-order valence-electron chi connectivity index (χ3n) is 2.30. The Morgan fingerprint density at radius 3 is 2.42 bits per heavy atom. The van der Waals surface area contributed by atoms with Crippen molar-refractivity contribution in [2.45, 2.75) is 27.0 Å². The van der Waals surface area contributed by atoms with Gasteiger partial charge >= 0.3 is 0 Å². The summed E-state index contributed by atoms with van der Waals surface area (Å²) in [6.45, 7) is 6.21. The molecule has 3 nitrogen and oxygen atoms in total. The summed E-state index contributed by atoms with van der Waals surface area (Å²) in [6, 6.07) is 2.15. The van der Waals surface area contributed by atoms with Gasteiger partial charge in [-0.15, -0.1) is 9.36 Å². The highest BCUT2D eigenvalue weighted by molar-refractivity contribution is 5.01. The smallest absolute Gasteiger partial charge is 0.204 e. The lowest BCUT2D eigenvalue weighted by atomic mass is 10.4. The Hall–Kier alpha value is -0.830. The van der Waals surface area contributed by atoms with Crippen molar-refractivity contribution in [2.24, 2.45) is 7.05 Å². The zero-order chi connectivity index (χ0) is 9.30. The number of rotatable bonds is 2. The van der Waals surface area contributed by atoms with E-state index in [0.29, 0.717) is 0 Å². The lowest BCUT2D eigenvalue weighted by Gasteiger charge is -2.09. The van der Waals surface area contributed by atoms with Gasteiger partial charge < -0.3 is 4.74 Å². The first-order valence-electron chi connectivity index (χ1n) is 4.15. The summed E-state index contributed by atoms with van der Waals surface area (Å²) in [6.07, 6.45) is 0.101. The molecule has 0 N–H and O–H groups in total. The summed E-state index contributed by atoms with van der Waals surface area (Å²) in [5.74, 6) is 0. The first-order valence-corrected chi connectivity index (χ1v) is 4.15. The SMILES string of the molecule is COC(C)n1c(C)cc(C)[n+]1C. The van der Waals surface area contributed by atoms with Gasteiger partial charge in [-0.2, -0.15) is 0 Å². The molecule has 1 atom stereocenters. The Kier molecular flexibility index (Phi) is 2.52. The molecule has 0 aromatic carbocycles. The van der Waals surface area contributed by atoms with Gasteiger partial charge in [0.2, 0.25) is 5.69 Å². The third kappa shape index (κ3) is 1.37. The Morgan fingerprint density at radius 2 is 2.08 bits per heavy atom. The third-order valence-corrected chi connectivity index (χ3v) is 2.30. The number of hydrogen-bond acceptors (Lipinski definition) is 1. The minimum Gasteiger partial charge on any atom is -0.356 e. The van der Waals surface area contributed by atoms with E-state index in [1.54, 1.807) is 7.11 Å². The van der Waals surface area contributed by atoms with Crippen LogP contribution in [0.5, 0.6) is 0 Å². The van der Waals surface area contributed by atoms with Gasteiger partial charge in [-0.25, -0.2) is 0 Å². The summed E-state index contributed by atoms with van der Waals surface area (Å²) in [5, 5.41) is 0. The summed E-state index contributed by atoms with van der Waals surface area (Å²) >= 11 is 0. The van der Waals surface area contributed by atoms with Crippen LogP contribution in [0.1, 0.15) is 24.5 Å². The van der Waals surface area contributed by atoms with Crippen molar-refractivity contribution in [1.82, 2.24) is 4.68 Å². The van der Waals surface area contributed by atoms with Crippen LogP contribution < -0.4 is 4.68 Å². The topological polar surface area (TPSA) is 18.0 Å². The van der Waals surface area contributed by atoms with Crippen molar-refractivity contribution in [3.8, 4) is 0 Å². The van der Waals surface area contributed by atoms with Gasteiger partial charge in [0.1, 0.15) is 0 Å². The maximum Gasteiger partial charge on any atom is 0.204 e. The zero-order valence-corrected chi connectivity index (χ0v) is 8.46. The van der Waals surface area contributed by atoms with Gasteiger partial charge in [-0.05, 0) is 13.8 Å². The molecule has 0 aliphatic carbocycles. The van der Waals surface area contributed by atoms with Crippen LogP contribution in [-0.4, -0.2) is 11.8 Å². The molecule has 1 aromatic rings. The van der Waals surface area contributed by atoms with Crippen molar-refractivity contribution in [1.29, 1.82) is 0 Å². The number of nitrogens with zero attached hydrogens (tertiary/aromatic N) is 2. The minimum absolute atomic E-state index is 0.101. The molecule has 1 rings (SSSR count). The van der Waals surface area contributed by atoms with Crippen LogP contribution in [0.4, 0.5) is 0 Å². The monoisotopic (exact) mass is 169 g/mol. The van der Waals surface area contributed by atoms with E-state index in [2.05, 4.69) is 29.3 Å². The molecular formula is C9H17N2O+. The average Bonchev–Trinajstić information content (AvgIpc) is 2.26. The molecule has 0 amide bonds. The quantitative estimate of drug-likeness (QED) is 0.606. The molecule has 0 aliphatic heterocycles. The largest absolute Gasteiger partial charge is 0.356 e. The number of aromatic nitrogens is 2. The highest BCUT2D eigenvalue weighted by atomic mass is 16.5. The summed E-state index contributed by atoms with van der Waals surface area (Å²) < 4.78 is 9.47. The maximum atomic E-state index is 5.25. The van der Waals surface area contributed by atoms with E-state index in [1.807, 2.05) is 14.0 Å². The first-order chi connectivity index (χ1) is 5.57.